The van der Waals surface area contributed by atoms with Gasteiger partial charge in [-0.15, -0.1) is 0 Å². The van der Waals surface area contributed by atoms with Crippen LogP contribution in [0.3, 0.4) is 0 Å². The standard InChI is InChI=1S/C19H32N4O3/c1-5-22(6-2)12-11-21-19(25)23(15(3)4)13-14-26-17-10-8-7-9-16(17)18(20)24/h7-10,15H,5-6,11-14H2,1-4H3,(H2,20,24)(H,21,25). The fourth-order valence-electron chi connectivity index (χ4n) is 2.61. The normalized spacial score (nSPS) is 10.8. The van der Waals surface area contributed by atoms with Crippen LogP contribution in [0.4, 0.5) is 4.79 Å². The molecule has 0 fully saturated rings. The quantitative estimate of drug-likeness (QED) is 0.628. The van der Waals surface area contributed by atoms with Gasteiger partial charge in [-0.25, -0.2) is 4.79 Å². The average Bonchev–Trinajstić information content (AvgIpc) is 2.62. The lowest BCUT2D eigenvalue weighted by Gasteiger charge is -2.27. The predicted molar refractivity (Wildman–Crippen MR) is 103 cm³/mol. The third-order valence-electron chi connectivity index (χ3n) is 4.23. The molecule has 3 amide bonds. The van der Waals surface area contributed by atoms with Gasteiger partial charge < -0.3 is 25.6 Å². The number of nitrogens with zero attached hydrogens (tertiary/aromatic N) is 2. The van der Waals surface area contributed by atoms with Crippen LogP contribution < -0.4 is 15.8 Å². The number of carbonyl (C=O) groups excluding carboxylic acids is 2. The fourth-order valence-corrected chi connectivity index (χ4v) is 2.61. The molecule has 1 aromatic carbocycles. The number of primary amides is 1. The number of carbonyl (C=O) groups is 2. The third-order valence-corrected chi connectivity index (χ3v) is 4.23. The number of hydrogen-bond acceptors (Lipinski definition) is 4. The molecule has 146 valence electrons. The van der Waals surface area contributed by atoms with Gasteiger partial charge >= 0.3 is 6.03 Å². The summed E-state index contributed by atoms with van der Waals surface area (Å²) in [6.45, 7) is 12.2. The zero-order chi connectivity index (χ0) is 19.5. The van der Waals surface area contributed by atoms with Crippen molar-refractivity contribution in [2.45, 2.75) is 33.7 Å². The van der Waals surface area contributed by atoms with Crippen LogP contribution in [0.15, 0.2) is 24.3 Å². The van der Waals surface area contributed by atoms with Gasteiger partial charge in [-0.2, -0.15) is 0 Å². The maximum absolute atomic E-state index is 12.4. The molecule has 0 saturated carbocycles. The summed E-state index contributed by atoms with van der Waals surface area (Å²) in [7, 11) is 0. The number of nitrogens with one attached hydrogen (secondary N) is 1. The van der Waals surface area contributed by atoms with Gasteiger partial charge in [0.25, 0.3) is 5.91 Å². The lowest BCUT2D eigenvalue weighted by molar-refractivity contribution is 0.0995. The molecular weight excluding hydrogens is 332 g/mol. The summed E-state index contributed by atoms with van der Waals surface area (Å²) in [6, 6.07) is 6.76. The van der Waals surface area contributed by atoms with Gasteiger partial charge in [-0.05, 0) is 39.1 Å². The number of ether oxygens (including phenoxy) is 1. The first kappa shape index (κ1) is 21.8. The molecule has 7 heteroatoms. The van der Waals surface area contributed by atoms with Gasteiger partial charge in [-0.1, -0.05) is 26.0 Å². The zero-order valence-electron chi connectivity index (χ0n) is 16.3. The van der Waals surface area contributed by atoms with Gasteiger partial charge in [0, 0.05) is 19.1 Å². The Hall–Kier alpha value is -2.28. The second-order valence-corrected chi connectivity index (χ2v) is 6.25. The molecule has 26 heavy (non-hydrogen) atoms. The smallest absolute Gasteiger partial charge is 0.317 e. The van der Waals surface area contributed by atoms with Crippen molar-refractivity contribution in [2.75, 3.05) is 39.3 Å². The van der Waals surface area contributed by atoms with Gasteiger partial charge in [0.15, 0.2) is 0 Å². The molecule has 0 atom stereocenters. The van der Waals surface area contributed by atoms with Gasteiger partial charge in [0.2, 0.25) is 0 Å². The Labute approximate surface area is 156 Å². The summed E-state index contributed by atoms with van der Waals surface area (Å²) in [5.41, 5.74) is 5.69. The lowest BCUT2D eigenvalue weighted by Crippen LogP contribution is -2.47. The first-order chi connectivity index (χ1) is 12.4. The Balaban J connectivity index is 2.53. The van der Waals surface area contributed by atoms with E-state index in [9.17, 15) is 9.59 Å². The summed E-state index contributed by atoms with van der Waals surface area (Å²) in [5.74, 6) is -0.0962. The van der Waals surface area contributed by atoms with Crippen LogP contribution in [0.2, 0.25) is 0 Å². The summed E-state index contributed by atoms with van der Waals surface area (Å²) in [4.78, 5) is 27.8. The monoisotopic (exact) mass is 364 g/mol. The van der Waals surface area contributed by atoms with E-state index in [1.807, 2.05) is 13.8 Å². The van der Waals surface area contributed by atoms with Crippen molar-refractivity contribution >= 4 is 11.9 Å². The highest BCUT2D eigenvalue weighted by atomic mass is 16.5. The van der Waals surface area contributed by atoms with Crippen molar-refractivity contribution in [1.82, 2.24) is 15.1 Å². The van der Waals surface area contributed by atoms with E-state index >= 15 is 0 Å². The first-order valence-electron chi connectivity index (χ1n) is 9.19. The van der Waals surface area contributed by atoms with Crippen LogP contribution in [0, 0.1) is 0 Å². The Morgan fingerprint density at radius 3 is 2.38 bits per heavy atom. The molecule has 7 nitrogen and oxygen atoms in total. The number of benzene rings is 1. The number of rotatable bonds is 11. The largest absolute Gasteiger partial charge is 0.491 e. The Morgan fingerprint density at radius 2 is 1.81 bits per heavy atom. The van der Waals surface area contributed by atoms with Crippen molar-refractivity contribution in [3.05, 3.63) is 29.8 Å². The molecule has 1 rings (SSSR count). The Morgan fingerprint density at radius 1 is 1.15 bits per heavy atom. The molecule has 0 unspecified atom stereocenters. The predicted octanol–water partition coefficient (Wildman–Crippen LogP) is 1.93. The maximum atomic E-state index is 12.4. The molecule has 0 aliphatic rings. The highest BCUT2D eigenvalue weighted by Crippen LogP contribution is 2.17. The molecule has 0 radical (unpaired) electrons. The van der Waals surface area contributed by atoms with Crippen molar-refractivity contribution in [3.8, 4) is 5.75 Å². The molecule has 0 spiro atoms. The Kier molecular flexibility index (Phi) is 9.51. The van der Waals surface area contributed by atoms with Crippen LogP contribution in [0.1, 0.15) is 38.1 Å². The van der Waals surface area contributed by atoms with E-state index in [4.69, 9.17) is 10.5 Å². The van der Waals surface area contributed by atoms with Crippen molar-refractivity contribution < 1.29 is 14.3 Å². The second-order valence-electron chi connectivity index (χ2n) is 6.25. The van der Waals surface area contributed by atoms with Gasteiger partial charge in [0.1, 0.15) is 12.4 Å². The number of amides is 3. The molecule has 0 heterocycles. The first-order valence-corrected chi connectivity index (χ1v) is 9.19. The van der Waals surface area contributed by atoms with E-state index < -0.39 is 5.91 Å². The minimum Gasteiger partial charge on any atom is -0.491 e. The van der Waals surface area contributed by atoms with Crippen LogP contribution in [-0.2, 0) is 0 Å². The fraction of sp³-hybridized carbons (Fsp3) is 0.579. The minimum atomic E-state index is -0.532. The maximum Gasteiger partial charge on any atom is 0.317 e. The van der Waals surface area contributed by atoms with E-state index in [0.717, 1.165) is 19.6 Å². The molecule has 0 aromatic heterocycles. The summed E-state index contributed by atoms with van der Waals surface area (Å²) >= 11 is 0. The molecule has 3 N–H and O–H groups in total. The molecule has 0 saturated heterocycles. The molecule has 0 bridgehead atoms. The summed E-state index contributed by atoms with van der Waals surface area (Å²) in [5, 5.41) is 2.96. The summed E-state index contributed by atoms with van der Waals surface area (Å²) < 4.78 is 5.68. The highest BCUT2D eigenvalue weighted by molar-refractivity contribution is 5.95. The second kappa shape index (κ2) is 11.4. The number of nitrogens with two attached hydrogens (primary N) is 1. The molecular formula is C19H32N4O3. The van der Waals surface area contributed by atoms with Gasteiger partial charge in [-0.3, -0.25) is 4.79 Å². The van der Waals surface area contributed by atoms with Crippen LogP contribution >= 0.6 is 0 Å². The SMILES string of the molecule is CCN(CC)CCNC(=O)N(CCOc1ccccc1C(N)=O)C(C)C. The van der Waals surface area contributed by atoms with Crippen molar-refractivity contribution in [3.63, 3.8) is 0 Å². The van der Waals surface area contributed by atoms with E-state index in [0.29, 0.717) is 24.4 Å². The van der Waals surface area contributed by atoms with Crippen LogP contribution in [0.25, 0.3) is 0 Å². The van der Waals surface area contributed by atoms with Crippen molar-refractivity contribution in [1.29, 1.82) is 0 Å². The summed E-state index contributed by atoms with van der Waals surface area (Å²) in [6.07, 6.45) is 0. The molecule has 0 aliphatic carbocycles. The van der Waals surface area contributed by atoms with Crippen LogP contribution in [0.5, 0.6) is 5.75 Å². The minimum absolute atomic E-state index is 0.0402. The zero-order valence-corrected chi connectivity index (χ0v) is 16.3. The van der Waals surface area contributed by atoms with Gasteiger partial charge in [0.05, 0.1) is 12.1 Å². The number of para-hydroxylation sites is 1. The highest BCUT2D eigenvalue weighted by Gasteiger charge is 2.17. The third kappa shape index (κ3) is 6.92. The van der Waals surface area contributed by atoms with Crippen LogP contribution in [-0.4, -0.2) is 67.1 Å². The lowest BCUT2D eigenvalue weighted by atomic mass is 10.2. The van der Waals surface area contributed by atoms with E-state index in [2.05, 4.69) is 24.1 Å². The number of hydrogen-bond donors (Lipinski definition) is 2. The van der Waals surface area contributed by atoms with Crippen molar-refractivity contribution in [2.24, 2.45) is 5.73 Å². The average molecular weight is 364 g/mol. The molecule has 1 aromatic rings. The Bertz CT molecular complexity index is 574. The topological polar surface area (TPSA) is 87.9 Å². The number of urea groups is 1. The van der Waals surface area contributed by atoms with E-state index in [1.165, 1.54) is 0 Å². The van der Waals surface area contributed by atoms with E-state index in [-0.39, 0.29) is 18.7 Å². The van der Waals surface area contributed by atoms with E-state index in [1.54, 1.807) is 29.2 Å². The number of likely N-dealkylation sites (N-methyl/N-ethyl adjacent to an activating group) is 1. The molecule has 0 aliphatic heterocycles.